The third-order valence-electron chi connectivity index (χ3n) is 2.56. The van der Waals surface area contributed by atoms with Crippen LogP contribution in [0.5, 0.6) is 0 Å². The second kappa shape index (κ2) is 8.63. The fourth-order valence-corrected chi connectivity index (χ4v) is 1.79. The summed E-state index contributed by atoms with van der Waals surface area (Å²) in [6.45, 7) is 0.587. The molecule has 1 heterocycles. The summed E-state index contributed by atoms with van der Waals surface area (Å²) in [4.78, 5) is 26.0. The molecule has 0 saturated carbocycles. The van der Waals surface area contributed by atoms with E-state index in [0.29, 0.717) is 18.7 Å². The van der Waals surface area contributed by atoms with Gasteiger partial charge in [-0.2, -0.15) is 0 Å². The van der Waals surface area contributed by atoms with E-state index in [0.717, 1.165) is 23.7 Å². The molecule has 0 aromatic carbocycles. The van der Waals surface area contributed by atoms with Gasteiger partial charge in [-0.15, -0.1) is 0 Å². The number of aromatic nitrogens is 1. The summed E-state index contributed by atoms with van der Waals surface area (Å²) in [7, 11) is 0. The molecule has 0 saturated heterocycles. The first-order valence-electron chi connectivity index (χ1n) is 6.21. The molecule has 6 heteroatoms. The molecule has 0 aliphatic carbocycles. The molecule has 0 radical (unpaired) electrons. The number of hydrogen-bond acceptors (Lipinski definition) is 3. The monoisotopic (exact) mass is 328 g/mol. The van der Waals surface area contributed by atoms with Crippen LogP contribution in [-0.2, 0) is 4.79 Å². The van der Waals surface area contributed by atoms with E-state index in [1.165, 1.54) is 0 Å². The number of halogens is 1. The number of hydrogen-bond donors (Lipinski definition) is 2. The van der Waals surface area contributed by atoms with E-state index in [-0.39, 0.29) is 12.3 Å². The zero-order valence-electron chi connectivity index (χ0n) is 10.6. The molecule has 0 bridgehead atoms. The molecule has 1 aromatic rings. The summed E-state index contributed by atoms with van der Waals surface area (Å²) in [5.41, 5.74) is 0.397. The van der Waals surface area contributed by atoms with Gasteiger partial charge in [-0.25, -0.2) is 4.98 Å². The number of carboxylic acids is 1. The van der Waals surface area contributed by atoms with E-state index in [4.69, 9.17) is 5.11 Å². The Labute approximate surface area is 120 Å². The largest absolute Gasteiger partial charge is 0.481 e. The lowest BCUT2D eigenvalue weighted by atomic mass is 10.1. The van der Waals surface area contributed by atoms with Crippen LogP contribution in [-0.4, -0.2) is 28.5 Å². The topological polar surface area (TPSA) is 79.3 Å². The van der Waals surface area contributed by atoms with Crippen molar-refractivity contribution in [3.8, 4) is 0 Å². The summed E-state index contributed by atoms with van der Waals surface area (Å²) >= 11 is 3.26. The third-order valence-corrected chi connectivity index (χ3v) is 3.03. The van der Waals surface area contributed by atoms with Gasteiger partial charge < -0.3 is 10.4 Å². The van der Waals surface area contributed by atoms with Gasteiger partial charge in [-0.3, -0.25) is 9.59 Å². The minimum Gasteiger partial charge on any atom is -0.481 e. The van der Waals surface area contributed by atoms with Gasteiger partial charge in [0.2, 0.25) is 0 Å². The molecule has 0 aliphatic rings. The fraction of sp³-hybridized carbons (Fsp3) is 0.462. The standard InChI is InChI=1S/C13H17BrN2O3/c14-10-6-7-11(16-9-10)13(19)15-8-4-2-1-3-5-12(17)18/h6-7,9H,1-5,8H2,(H,15,19)(H,17,18). The van der Waals surface area contributed by atoms with Crippen LogP contribution in [0.1, 0.15) is 42.6 Å². The molecule has 0 unspecified atom stereocenters. The number of rotatable bonds is 8. The first-order chi connectivity index (χ1) is 9.09. The number of carboxylic acid groups (broad SMARTS) is 1. The van der Waals surface area contributed by atoms with E-state index >= 15 is 0 Å². The molecule has 1 aromatic heterocycles. The Balaban J connectivity index is 2.11. The van der Waals surface area contributed by atoms with Crippen LogP contribution < -0.4 is 5.32 Å². The maximum absolute atomic E-state index is 11.7. The maximum Gasteiger partial charge on any atom is 0.303 e. The van der Waals surface area contributed by atoms with Crippen LogP contribution >= 0.6 is 15.9 Å². The van der Waals surface area contributed by atoms with Gasteiger partial charge in [0.15, 0.2) is 0 Å². The predicted octanol–water partition coefficient (Wildman–Crippen LogP) is 2.61. The summed E-state index contributed by atoms with van der Waals surface area (Å²) in [6, 6.07) is 3.43. The van der Waals surface area contributed by atoms with E-state index in [1.54, 1.807) is 18.3 Å². The van der Waals surface area contributed by atoms with Crippen LogP contribution in [0.25, 0.3) is 0 Å². The molecular formula is C13H17BrN2O3. The van der Waals surface area contributed by atoms with Gasteiger partial charge in [0, 0.05) is 23.6 Å². The highest BCUT2D eigenvalue weighted by Crippen LogP contribution is 2.07. The Morgan fingerprint density at radius 1 is 1.21 bits per heavy atom. The van der Waals surface area contributed by atoms with Crippen molar-refractivity contribution in [2.45, 2.75) is 32.1 Å². The summed E-state index contributed by atoms with van der Waals surface area (Å²) < 4.78 is 0.836. The molecule has 2 N–H and O–H groups in total. The van der Waals surface area contributed by atoms with Crippen LogP contribution in [0.4, 0.5) is 0 Å². The minimum atomic E-state index is -0.755. The Morgan fingerprint density at radius 2 is 1.95 bits per heavy atom. The number of carbonyl (C=O) groups excluding carboxylic acids is 1. The number of nitrogens with one attached hydrogen (secondary N) is 1. The van der Waals surface area contributed by atoms with Gasteiger partial charge in [0.1, 0.15) is 5.69 Å². The number of aliphatic carboxylic acids is 1. The minimum absolute atomic E-state index is 0.182. The van der Waals surface area contributed by atoms with E-state index in [1.807, 2.05) is 0 Å². The predicted molar refractivity (Wildman–Crippen MR) is 75.0 cm³/mol. The highest BCUT2D eigenvalue weighted by molar-refractivity contribution is 9.10. The molecule has 104 valence electrons. The SMILES string of the molecule is O=C(O)CCCCCCNC(=O)c1ccc(Br)cn1. The molecule has 19 heavy (non-hydrogen) atoms. The van der Waals surface area contributed by atoms with E-state index in [9.17, 15) is 9.59 Å². The Hall–Kier alpha value is -1.43. The van der Waals surface area contributed by atoms with Crippen LogP contribution in [0.3, 0.4) is 0 Å². The van der Waals surface area contributed by atoms with Gasteiger partial charge in [-0.05, 0) is 40.9 Å². The van der Waals surface area contributed by atoms with Crippen molar-refractivity contribution >= 4 is 27.8 Å². The molecule has 0 fully saturated rings. The number of unbranched alkanes of at least 4 members (excludes halogenated alkanes) is 3. The highest BCUT2D eigenvalue weighted by atomic mass is 79.9. The van der Waals surface area contributed by atoms with Gasteiger partial charge in [0.05, 0.1) is 0 Å². The molecule has 0 atom stereocenters. The second-order valence-corrected chi connectivity index (χ2v) is 5.09. The number of nitrogens with zero attached hydrogens (tertiary/aromatic N) is 1. The molecule has 1 amide bonds. The van der Waals surface area contributed by atoms with E-state index < -0.39 is 5.97 Å². The van der Waals surface area contributed by atoms with Crippen LogP contribution in [0.2, 0.25) is 0 Å². The summed E-state index contributed by atoms with van der Waals surface area (Å²) in [6.07, 6.45) is 5.13. The second-order valence-electron chi connectivity index (χ2n) is 4.18. The molecule has 0 aliphatic heterocycles. The van der Waals surface area contributed by atoms with Crippen molar-refractivity contribution in [1.29, 1.82) is 0 Å². The lowest BCUT2D eigenvalue weighted by Gasteiger charge is -2.04. The molecular weight excluding hydrogens is 312 g/mol. The average molecular weight is 329 g/mol. The van der Waals surface area contributed by atoms with Crippen LogP contribution in [0.15, 0.2) is 22.8 Å². The van der Waals surface area contributed by atoms with Crippen molar-refractivity contribution < 1.29 is 14.7 Å². The first-order valence-corrected chi connectivity index (χ1v) is 7.00. The number of carbonyl (C=O) groups is 2. The third kappa shape index (κ3) is 6.91. The average Bonchev–Trinajstić information content (AvgIpc) is 2.38. The van der Waals surface area contributed by atoms with Gasteiger partial charge >= 0.3 is 5.97 Å². The first kappa shape index (κ1) is 15.6. The van der Waals surface area contributed by atoms with Crippen LogP contribution in [0, 0.1) is 0 Å². The number of pyridine rings is 1. The van der Waals surface area contributed by atoms with E-state index in [2.05, 4.69) is 26.2 Å². The lowest BCUT2D eigenvalue weighted by molar-refractivity contribution is -0.137. The summed E-state index contributed by atoms with van der Waals surface area (Å²) in [5, 5.41) is 11.3. The maximum atomic E-state index is 11.7. The zero-order valence-corrected chi connectivity index (χ0v) is 12.1. The molecule has 1 rings (SSSR count). The zero-order chi connectivity index (χ0) is 14.1. The fourth-order valence-electron chi connectivity index (χ4n) is 1.56. The lowest BCUT2D eigenvalue weighted by Crippen LogP contribution is -2.25. The van der Waals surface area contributed by atoms with Crippen molar-refractivity contribution in [3.63, 3.8) is 0 Å². The summed E-state index contributed by atoms with van der Waals surface area (Å²) in [5.74, 6) is -0.937. The van der Waals surface area contributed by atoms with Gasteiger partial charge in [-0.1, -0.05) is 12.8 Å². The Morgan fingerprint density at radius 3 is 2.58 bits per heavy atom. The molecule has 5 nitrogen and oxygen atoms in total. The number of amides is 1. The highest BCUT2D eigenvalue weighted by Gasteiger charge is 2.05. The Kier molecular flexibility index (Phi) is 7.10. The van der Waals surface area contributed by atoms with Crippen molar-refractivity contribution in [3.05, 3.63) is 28.5 Å². The smallest absolute Gasteiger partial charge is 0.303 e. The normalized spacial score (nSPS) is 10.2. The van der Waals surface area contributed by atoms with Crippen molar-refractivity contribution in [2.75, 3.05) is 6.54 Å². The molecule has 0 spiro atoms. The van der Waals surface area contributed by atoms with Crippen molar-refractivity contribution in [1.82, 2.24) is 10.3 Å². The van der Waals surface area contributed by atoms with Crippen molar-refractivity contribution in [2.24, 2.45) is 0 Å². The Bertz CT molecular complexity index is 420. The van der Waals surface area contributed by atoms with Gasteiger partial charge in [0.25, 0.3) is 5.91 Å². The quantitative estimate of drug-likeness (QED) is 0.719.